The molecular formula is C33H31F3N2O4. The van der Waals surface area contributed by atoms with Crippen molar-refractivity contribution in [1.29, 1.82) is 0 Å². The predicted octanol–water partition coefficient (Wildman–Crippen LogP) is 5.79. The standard InChI is InChI=1S/C33H31F3N2O4/c1-42-30(40)22-9-5-8-21(16-22)24-11-10-23(18-37-29(39)27-17-26(27)20-6-3-2-4-7-20)28-19-38(15-12-25(24)28)31(41)32(13-14-32)33(34,35)36/h2-11,16,26-27H,12-15,17-19H2,1H3,(H,37,39)/t26-,27-/m1/s1. The van der Waals surface area contributed by atoms with E-state index in [1.54, 1.807) is 18.2 Å². The third-order valence-corrected chi connectivity index (χ3v) is 8.90. The van der Waals surface area contributed by atoms with Gasteiger partial charge in [0.05, 0.1) is 12.7 Å². The predicted molar refractivity (Wildman–Crippen MR) is 149 cm³/mol. The van der Waals surface area contributed by atoms with Gasteiger partial charge in [-0.1, -0.05) is 54.6 Å². The zero-order valence-electron chi connectivity index (χ0n) is 23.2. The van der Waals surface area contributed by atoms with E-state index in [1.165, 1.54) is 12.0 Å². The third-order valence-electron chi connectivity index (χ3n) is 8.90. The number of nitrogens with one attached hydrogen (secondary N) is 1. The highest BCUT2D eigenvalue weighted by atomic mass is 19.4. The first-order valence-electron chi connectivity index (χ1n) is 14.1. The summed E-state index contributed by atoms with van der Waals surface area (Å²) in [7, 11) is 1.31. The molecule has 0 bridgehead atoms. The summed E-state index contributed by atoms with van der Waals surface area (Å²) in [6.45, 7) is 0.385. The monoisotopic (exact) mass is 576 g/mol. The lowest BCUT2D eigenvalue weighted by Crippen LogP contribution is -2.46. The summed E-state index contributed by atoms with van der Waals surface area (Å²) in [6.07, 6.45) is -3.84. The number of alkyl halides is 3. The Hall–Kier alpha value is -4.14. The summed E-state index contributed by atoms with van der Waals surface area (Å²) in [5.41, 5.74) is 3.22. The van der Waals surface area contributed by atoms with Crippen molar-refractivity contribution in [3.8, 4) is 11.1 Å². The first kappa shape index (κ1) is 28.0. The van der Waals surface area contributed by atoms with Gasteiger partial charge in [-0.2, -0.15) is 13.2 Å². The molecule has 218 valence electrons. The van der Waals surface area contributed by atoms with Crippen LogP contribution >= 0.6 is 0 Å². The van der Waals surface area contributed by atoms with E-state index >= 15 is 0 Å². The Balaban J connectivity index is 1.28. The average Bonchev–Trinajstić information content (AvgIpc) is 3.93. The molecule has 42 heavy (non-hydrogen) atoms. The Kier molecular flexibility index (Phi) is 7.07. The van der Waals surface area contributed by atoms with Gasteiger partial charge >= 0.3 is 12.1 Å². The van der Waals surface area contributed by atoms with Gasteiger partial charge in [-0.05, 0) is 77.1 Å². The number of ether oxygens (including phenoxy) is 1. The SMILES string of the molecule is COC(=O)c1cccc(-c2ccc(CNC(=O)[C@@H]3C[C@@H]3c3ccccc3)c3c2CCN(C(=O)C2(C(F)(F)F)CC2)C3)c1. The van der Waals surface area contributed by atoms with Gasteiger partial charge in [0.2, 0.25) is 11.8 Å². The van der Waals surface area contributed by atoms with Crippen molar-refractivity contribution in [1.82, 2.24) is 10.2 Å². The third kappa shape index (κ3) is 5.05. The van der Waals surface area contributed by atoms with Crippen LogP contribution < -0.4 is 5.32 Å². The number of benzene rings is 3. The molecular weight excluding hydrogens is 545 g/mol. The van der Waals surface area contributed by atoms with Gasteiger partial charge in [0.25, 0.3) is 0 Å². The number of nitrogens with zero attached hydrogens (tertiary/aromatic N) is 1. The summed E-state index contributed by atoms with van der Waals surface area (Å²) >= 11 is 0. The zero-order valence-corrected chi connectivity index (χ0v) is 23.2. The molecule has 3 aliphatic rings. The molecule has 0 saturated heterocycles. The van der Waals surface area contributed by atoms with Gasteiger partial charge in [0, 0.05) is 25.6 Å². The maximum Gasteiger partial charge on any atom is 0.403 e. The Morgan fingerprint density at radius 3 is 2.45 bits per heavy atom. The molecule has 1 N–H and O–H groups in total. The average molecular weight is 577 g/mol. The van der Waals surface area contributed by atoms with E-state index in [2.05, 4.69) is 5.32 Å². The molecule has 0 aromatic heterocycles. The molecule has 3 aromatic carbocycles. The number of fused-ring (bicyclic) bond motifs is 1. The minimum atomic E-state index is -4.59. The van der Waals surface area contributed by atoms with Gasteiger partial charge in [0.1, 0.15) is 5.41 Å². The van der Waals surface area contributed by atoms with Gasteiger partial charge in [-0.3, -0.25) is 9.59 Å². The highest BCUT2D eigenvalue weighted by molar-refractivity contribution is 5.91. The van der Waals surface area contributed by atoms with Gasteiger partial charge in [-0.25, -0.2) is 4.79 Å². The van der Waals surface area contributed by atoms with E-state index in [0.29, 0.717) is 12.0 Å². The lowest BCUT2D eigenvalue weighted by Gasteiger charge is -2.35. The quantitative estimate of drug-likeness (QED) is 0.362. The molecule has 2 amide bonds. The smallest absolute Gasteiger partial charge is 0.403 e. The zero-order chi connectivity index (χ0) is 29.6. The molecule has 2 aliphatic carbocycles. The van der Waals surface area contributed by atoms with Crippen molar-refractivity contribution in [3.63, 3.8) is 0 Å². The van der Waals surface area contributed by atoms with E-state index in [1.807, 2.05) is 48.5 Å². The fraction of sp³-hybridized carbons (Fsp3) is 0.364. The molecule has 0 radical (unpaired) electrons. The summed E-state index contributed by atoms with van der Waals surface area (Å²) in [5.74, 6) is -1.36. The Bertz CT molecular complexity index is 1550. The summed E-state index contributed by atoms with van der Waals surface area (Å²) in [5, 5.41) is 3.03. The van der Waals surface area contributed by atoms with Crippen molar-refractivity contribution >= 4 is 17.8 Å². The van der Waals surface area contributed by atoms with E-state index in [4.69, 9.17) is 4.74 Å². The van der Waals surface area contributed by atoms with E-state index in [0.717, 1.165) is 39.8 Å². The normalized spacial score (nSPS) is 20.3. The molecule has 2 fully saturated rings. The van der Waals surface area contributed by atoms with Crippen LogP contribution in [-0.4, -0.2) is 42.5 Å². The number of hydrogen-bond acceptors (Lipinski definition) is 4. The molecule has 9 heteroatoms. The molecule has 1 aliphatic heterocycles. The number of amides is 2. The van der Waals surface area contributed by atoms with Gasteiger partial charge < -0.3 is 15.0 Å². The first-order valence-corrected chi connectivity index (χ1v) is 14.1. The molecule has 6 nitrogen and oxygen atoms in total. The van der Waals surface area contributed by atoms with Crippen molar-refractivity contribution in [2.75, 3.05) is 13.7 Å². The van der Waals surface area contributed by atoms with Gasteiger partial charge in [-0.15, -0.1) is 0 Å². The van der Waals surface area contributed by atoms with Crippen LogP contribution in [-0.2, 0) is 33.8 Å². The summed E-state index contributed by atoms with van der Waals surface area (Å²) in [6, 6.07) is 20.6. The number of carbonyl (C=O) groups excluding carboxylic acids is 3. The molecule has 1 heterocycles. The molecule has 3 aromatic rings. The number of carbonyl (C=O) groups is 3. The second-order valence-electron chi connectivity index (χ2n) is 11.4. The number of esters is 1. The maximum atomic E-state index is 13.8. The second kappa shape index (κ2) is 10.6. The number of halogens is 3. The van der Waals surface area contributed by atoms with E-state index in [-0.39, 0.29) is 50.2 Å². The largest absolute Gasteiger partial charge is 0.465 e. The molecule has 2 atom stereocenters. The van der Waals surface area contributed by atoms with Crippen molar-refractivity contribution < 1.29 is 32.3 Å². The van der Waals surface area contributed by atoms with Crippen LogP contribution in [0.5, 0.6) is 0 Å². The first-order chi connectivity index (χ1) is 20.1. The Labute approximate surface area is 241 Å². The Morgan fingerprint density at radius 1 is 1.00 bits per heavy atom. The van der Waals surface area contributed by atoms with Crippen LogP contribution in [0.1, 0.15) is 57.8 Å². The van der Waals surface area contributed by atoms with Crippen LogP contribution in [0.15, 0.2) is 66.7 Å². The second-order valence-corrected chi connectivity index (χ2v) is 11.4. The van der Waals surface area contributed by atoms with Crippen LogP contribution in [0.2, 0.25) is 0 Å². The molecule has 2 saturated carbocycles. The molecule has 0 unspecified atom stereocenters. The number of methoxy groups -OCH3 is 1. The van der Waals surface area contributed by atoms with Crippen LogP contribution in [0, 0.1) is 11.3 Å². The fourth-order valence-corrected chi connectivity index (χ4v) is 6.19. The number of hydrogen-bond donors (Lipinski definition) is 1. The van der Waals surface area contributed by atoms with Crippen LogP contribution in [0.25, 0.3) is 11.1 Å². The van der Waals surface area contributed by atoms with Crippen LogP contribution in [0.4, 0.5) is 13.2 Å². The lowest BCUT2D eigenvalue weighted by atomic mass is 9.86. The number of rotatable bonds is 7. The molecule has 0 spiro atoms. The van der Waals surface area contributed by atoms with Gasteiger partial charge in [0.15, 0.2) is 0 Å². The summed E-state index contributed by atoms with van der Waals surface area (Å²) < 4.78 is 46.3. The highest BCUT2D eigenvalue weighted by Crippen LogP contribution is 2.59. The summed E-state index contributed by atoms with van der Waals surface area (Å²) in [4.78, 5) is 39.7. The van der Waals surface area contributed by atoms with Crippen molar-refractivity contribution in [3.05, 3.63) is 94.5 Å². The fourth-order valence-electron chi connectivity index (χ4n) is 6.19. The lowest BCUT2D eigenvalue weighted by molar-refractivity contribution is -0.199. The van der Waals surface area contributed by atoms with Crippen molar-refractivity contribution in [2.24, 2.45) is 11.3 Å². The van der Waals surface area contributed by atoms with E-state index < -0.39 is 23.5 Å². The Morgan fingerprint density at radius 2 is 1.76 bits per heavy atom. The van der Waals surface area contributed by atoms with Crippen molar-refractivity contribution in [2.45, 2.75) is 50.9 Å². The minimum absolute atomic E-state index is 0.0256. The highest BCUT2D eigenvalue weighted by Gasteiger charge is 2.69. The van der Waals surface area contributed by atoms with E-state index in [9.17, 15) is 27.6 Å². The topological polar surface area (TPSA) is 75.7 Å². The minimum Gasteiger partial charge on any atom is -0.465 e. The maximum absolute atomic E-state index is 13.8. The van der Waals surface area contributed by atoms with Crippen LogP contribution in [0.3, 0.4) is 0 Å². The molecule has 6 rings (SSSR count).